The van der Waals surface area contributed by atoms with Crippen LogP contribution in [0.25, 0.3) is 10.9 Å². The summed E-state index contributed by atoms with van der Waals surface area (Å²) in [5.41, 5.74) is 6.11. The first-order chi connectivity index (χ1) is 11.5. The third-order valence-corrected chi connectivity index (χ3v) is 4.74. The summed E-state index contributed by atoms with van der Waals surface area (Å²) in [6.45, 7) is 3.55. The quantitative estimate of drug-likeness (QED) is 0.923. The maximum Gasteiger partial charge on any atom is 0.259 e. The second-order valence-corrected chi connectivity index (χ2v) is 6.14. The molecule has 1 aromatic heterocycles. The molecule has 6 heteroatoms. The van der Waals surface area contributed by atoms with E-state index in [1.165, 1.54) is 0 Å². The summed E-state index contributed by atoms with van der Waals surface area (Å²) in [7, 11) is 0. The van der Waals surface area contributed by atoms with E-state index >= 15 is 0 Å². The van der Waals surface area contributed by atoms with E-state index in [1.54, 1.807) is 23.2 Å². The number of carbonyl (C=O) groups excluding carboxylic acids is 2. The zero-order valence-corrected chi connectivity index (χ0v) is 13.7. The number of fused-ring (bicyclic) bond motifs is 1. The molecule has 2 amide bonds. The maximum absolute atomic E-state index is 12.8. The number of hydrogen-bond donors (Lipinski definition) is 1. The molecule has 1 aromatic carbocycles. The topological polar surface area (TPSA) is 85.4 Å². The highest BCUT2D eigenvalue weighted by Crippen LogP contribution is 2.19. The number of hydrogen-bond acceptors (Lipinski definition) is 3. The number of primary amides is 1. The van der Waals surface area contributed by atoms with Gasteiger partial charge in [0, 0.05) is 37.1 Å². The predicted octanol–water partition coefficient (Wildman–Crippen LogP) is 1.36. The number of aromatic nitrogens is 1. The fourth-order valence-electron chi connectivity index (χ4n) is 3.30. The second kappa shape index (κ2) is 6.47. The molecule has 24 heavy (non-hydrogen) atoms. The molecule has 1 fully saturated rings. The van der Waals surface area contributed by atoms with E-state index < -0.39 is 0 Å². The average Bonchev–Trinajstić information content (AvgIpc) is 2.62. The van der Waals surface area contributed by atoms with E-state index in [1.807, 2.05) is 23.6 Å². The molecule has 1 saturated heterocycles. The standard InChI is InChI=1S/C18H21N3O3/c1-2-20-11-14(16(22)13-5-3-4-6-15(13)20)18(24)21-9-7-12(8-10-21)17(19)23/h3-6,11-12H,2,7-10H2,1H3,(H2,19,23). The van der Waals surface area contributed by atoms with E-state index in [0.29, 0.717) is 37.9 Å². The smallest absolute Gasteiger partial charge is 0.259 e. The van der Waals surface area contributed by atoms with Gasteiger partial charge >= 0.3 is 0 Å². The van der Waals surface area contributed by atoms with E-state index in [2.05, 4.69) is 0 Å². The van der Waals surface area contributed by atoms with E-state index in [-0.39, 0.29) is 28.7 Å². The molecule has 0 spiro atoms. The van der Waals surface area contributed by atoms with Gasteiger partial charge in [0.15, 0.2) is 0 Å². The SMILES string of the molecule is CCn1cc(C(=O)N2CCC(C(N)=O)CC2)c(=O)c2ccccc21. The highest BCUT2D eigenvalue weighted by Gasteiger charge is 2.28. The molecule has 0 aliphatic carbocycles. The van der Waals surface area contributed by atoms with Crippen LogP contribution < -0.4 is 11.2 Å². The number of carbonyl (C=O) groups is 2. The van der Waals surface area contributed by atoms with Crippen LogP contribution in [0.4, 0.5) is 0 Å². The number of para-hydroxylation sites is 1. The minimum absolute atomic E-state index is 0.182. The first-order valence-electron chi connectivity index (χ1n) is 8.23. The molecule has 0 radical (unpaired) electrons. The van der Waals surface area contributed by atoms with Crippen LogP contribution in [0.5, 0.6) is 0 Å². The van der Waals surface area contributed by atoms with Gasteiger partial charge in [-0.05, 0) is 31.9 Å². The van der Waals surface area contributed by atoms with Gasteiger partial charge in [0.25, 0.3) is 5.91 Å². The number of amides is 2. The van der Waals surface area contributed by atoms with E-state index in [4.69, 9.17) is 5.73 Å². The van der Waals surface area contributed by atoms with Gasteiger partial charge in [-0.1, -0.05) is 12.1 Å². The van der Waals surface area contributed by atoms with Crippen LogP contribution in [0.3, 0.4) is 0 Å². The molecule has 0 unspecified atom stereocenters. The van der Waals surface area contributed by atoms with E-state index in [0.717, 1.165) is 5.52 Å². The number of pyridine rings is 1. The average molecular weight is 327 g/mol. The monoisotopic (exact) mass is 327 g/mol. The van der Waals surface area contributed by atoms with Crippen molar-refractivity contribution in [2.24, 2.45) is 11.7 Å². The Labute approximate surface area is 139 Å². The fourth-order valence-corrected chi connectivity index (χ4v) is 3.30. The Morgan fingerprint density at radius 1 is 1.21 bits per heavy atom. The van der Waals surface area contributed by atoms with Crippen LogP contribution in [0.2, 0.25) is 0 Å². The summed E-state index contributed by atoms with van der Waals surface area (Å²) in [6.07, 6.45) is 2.75. The Bertz CT molecular complexity index is 848. The number of likely N-dealkylation sites (tertiary alicyclic amines) is 1. The van der Waals surface area contributed by atoms with Gasteiger partial charge in [-0.25, -0.2) is 0 Å². The van der Waals surface area contributed by atoms with Crippen molar-refractivity contribution >= 4 is 22.7 Å². The number of rotatable bonds is 3. The van der Waals surface area contributed by atoms with Gasteiger partial charge in [0.2, 0.25) is 11.3 Å². The molecule has 1 aliphatic heterocycles. The molecule has 2 aromatic rings. The summed E-state index contributed by atoms with van der Waals surface area (Å²) >= 11 is 0. The zero-order valence-electron chi connectivity index (χ0n) is 13.7. The highest BCUT2D eigenvalue weighted by atomic mass is 16.2. The Morgan fingerprint density at radius 2 is 1.88 bits per heavy atom. The van der Waals surface area contributed by atoms with Gasteiger partial charge in [-0.15, -0.1) is 0 Å². The molecule has 2 heterocycles. The molecule has 2 N–H and O–H groups in total. The molecular weight excluding hydrogens is 306 g/mol. The molecule has 6 nitrogen and oxygen atoms in total. The summed E-state index contributed by atoms with van der Waals surface area (Å²) in [5, 5.41) is 0.553. The van der Waals surface area contributed by atoms with Crippen molar-refractivity contribution in [2.45, 2.75) is 26.3 Å². The molecule has 0 atom stereocenters. The lowest BCUT2D eigenvalue weighted by atomic mass is 9.96. The normalized spacial score (nSPS) is 15.6. The summed E-state index contributed by atoms with van der Waals surface area (Å²) < 4.78 is 1.92. The number of nitrogens with two attached hydrogens (primary N) is 1. The van der Waals surface area contributed by atoms with Gasteiger partial charge in [0.1, 0.15) is 5.56 Å². The van der Waals surface area contributed by atoms with Crippen molar-refractivity contribution in [1.29, 1.82) is 0 Å². The largest absolute Gasteiger partial charge is 0.369 e. The lowest BCUT2D eigenvalue weighted by molar-refractivity contribution is -0.123. The molecule has 1 aliphatic rings. The fraction of sp³-hybridized carbons (Fsp3) is 0.389. The molecule has 0 bridgehead atoms. The predicted molar refractivity (Wildman–Crippen MR) is 91.7 cm³/mol. The van der Waals surface area contributed by atoms with Crippen LogP contribution in [-0.2, 0) is 11.3 Å². The van der Waals surface area contributed by atoms with Crippen molar-refractivity contribution in [3.8, 4) is 0 Å². The minimum atomic E-state index is -0.318. The second-order valence-electron chi connectivity index (χ2n) is 6.14. The first-order valence-corrected chi connectivity index (χ1v) is 8.23. The van der Waals surface area contributed by atoms with E-state index in [9.17, 15) is 14.4 Å². The first kappa shape index (κ1) is 16.2. The number of aryl methyl sites for hydroxylation is 1. The molecule has 3 rings (SSSR count). The Morgan fingerprint density at radius 3 is 2.50 bits per heavy atom. The molecular formula is C18H21N3O3. The van der Waals surface area contributed by atoms with Crippen LogP contribution >= 0.6 is 0 Å². The Balaban J connectivity index is 1.95. The molecule has 126 valence electrons. The summed E-state index contributed by atoms with van der Waals surface area (Å²) in [4.78, 5) is 38.4. The third kappa shape index (κ3) is 2.79. The van der Waals surface area contributed by atoms with Crippen LogP contribution in [-0.4, -0.2) is 34.4 Å². The highest BCUT2D eigenvalue weighted by molar-refractivity contribution is 5.97. The van der Waals surface area contributed by atoms with Gasteiger partial charge in [-0.3, -0.25) is 14.4 Å². The third-order valence-electron chi connectivity index (χ3n) is 4.74. The lowest BCUT2D eigenvalue weighted by Gasteiger charge is -2.30. The Kier molecular flexibility index (Phi) is 4.38. The van der Waals surface area contributed by atoms with Crippen molar-refractivity contribution in [1.82, 2.24) is 9.47 Å². The van der Waals surface area contributed by atoms with Gasteiger partial charge in [-0.2, -0.15) is 0 Å². The number of piperidine rings is 1. The summed E-state index contributed by atoms with van der Waals surface area (Å²) in [6, 6.07) is 7.31. The van der Waals surface area contributed by atoms with Crippen LogP contribution in [0.1, 0.15) is 30.1 Å². The van der Waals surface area contributed by atoms with Crippen molar-refractivity contribution in [3.63, 3.8) is 0 Å². The Hall–Kier alpha value is -2.63. The van der Waals surface area contributed by atoms with Crippen molar-refractivity contribution in [2.75, 3.05) is 13.1 Å². The summed E-state index contributed by atoms with van der Waals surface area (Å²) in [5.74, 6) is -0.769. The molecule has 0 saturated carbocycles. The number of benzene rings is 1. The number of nitrogens with zero attached hydrogens (tertiary/aromatic N) is 2. The minimum Gasteiger partial charge on any atom is -0.369 e. The van der Waals surface area contributed by atoms with Crippen molar-refractivity contribution in [3.05, 3.63) is 46.2 Å². The van der Waals surface area contributed by atoms with Gasteiger partial charge in [0.05, 0.1) is 5.52 Å². The maximum atomic E-state index is 12.8. The zero-order chi connectivity index (χ0) is 17.3. The van der Waals surface area contributed by atoms with Crippen molar-refractivity contribution < 1.29 is 9.59 Å². The lowest BCUT2D eigenvalue weighted by Crippen LogP contribution is -2.43. The van der Waals surface area contributed by atoms with Crippen LogP contribution in [0, 0.1) is 5.92 Å². The van der Waals surface area contributed by atoms with Gasteiger partial charge < -0.3 is 15.2 Å². The van der Waals surface area contributed by atoms with Crippen LogP contribution in [0.15, 0.2) is 35.3 Å².